The van der Waals surface area contributed by atoms with Gasteiger partial charge in [-0.25, -0.2) is 9.88 Å². The molecule has 1 N–H and O–H groups in total. The van der Waals surface area contributed by atoms with Gasteiger partial charge in [0.15, 0.2) is 5.13 Å². The number of ether oxygens (including phenoxy) is 1. The van der Waals surface area contributed by atoms with Crippen LogP contribution in [-0.2, 0) is 0 Å². The molecule has 3 aromatic carbocycles. The Bertz CT molecular complexity index is 1360. The normalized spacial score (nSPS) is 12.8. The maximum absolute atomic E-state index is 12.9. The second-order valence-electron chi connectivity index (χ2n) is 7.05. The van der Waals surface area contributed by atoms with Gasteiger partial charge in [0.25, 0.3) is 17.7 Å². The molecule has 0 unspecified atom stereocenters. The Balaban J connectivity index is 1.41. The molecule has 158 valence electrons. The topological polar surface area (TPSA) is 88.6 Å². The number of rotatable bonds is 5. The first-order valence-electron chi connectivity index (χ1n) is 9.98. The van der Waals surface area contributed by atoms with E-state index in [1.54, 1.807) is 42.5 Å². The molecule has 1 aliphatic heterocycles. The third-order valence-electron chi connectivity index (χ3n) is 5.06. The van der Waals surface area contributed by atoms with Crippen molar-refractivity contribution in [2.45, 2.75) is 6.92 Å². The number of fused-ring (bicyclic) bond motifs is 2. The van der Waals surface area contributed by atoms with Crippen LogP contribution in [0.5, 0.6) is 5.75 Å². The number of carbonyl (C=O) groups is 3. The Morgan fingerprint density at radius 2 is 1.72 bits per heavy atom. The molecular weight excluding hydrogens is 426 g/mol. The van der Waals surface area contributed by atoms with Crippen molar-refractivity contribution < 1.29 is 19.1 Å². The SMILES string of the molecule is CCOc1cccc2sc(NC(=O)c3cccc(N4C(=O)c5ccccc5C4=O)c3)nc12. The summed E-state index contributed by atoms with van der Waals surface area (Å²) in [5.74, 6) is -0.537. The number of anilines is 2. The highest BCUT2D eigenvalue weighted by molar-refractivity contribution is 7.22. The minimum atomic E-state index is -0.405. The number of hydrogen-bond donors (Lipinski definition) is 1. The fourth-order valence-electron chi connectivity index (χ4n) is 3.63. The highest BCUT2D eigenvalue weighted by atomic mass is 32.1. The lowest BCUT2D eigenvalue weighted by atomic mass is 10.1. The van der Waals surface area contributed by atoms with E-state index in [0.717, 1.165) is 9.60 Å². The maximum Gasteiger partial charge on any atom is 0.266 e. The van der Waals surface area contributed by atoms with Gasteiger partial charge < -0.3 is 4.74 Å². The Labute approximate surface area is 187 Å². The predicted octanol–water partition coefficient (Wildman–Crippen LogP) is 4.75. The van der Waals surface area contributed by atoms with Gasteiger partial charge in [-0.3, -0.25) is 19.7 Å². The summed E-state index contributed by atoms with van der Waals surface area (Å²) in [6.45, 7) is 2.41. The van der Waals surface area contributed by atoms with Crippen molar-refractivity contribution in [3.8, 4) is 5.75 Å². The number of carbonyl (C=O) groups excluding carboxylic acids is 3. The lowest BCUT2D eigenvalue weighted by Gasteiger charge is -2.14. The zero-order chi connectivity index (χ0) is 22.2. The quantitative estimate of drug-likeness (QED) is 0.450. The highest BCUT2D eigenvalue weighted by Gasteiger charge is 2.36. The molecule has 1 aromatic heterocycles. The molecule has 5 rings (SSSR count). The van der Waals surface area contributed by atoms with Crippen LogP contribution in [0.15, 0.2) is 66.7 Å². The summed E-state index contributed by atoms with van der Waals surface area (Å²) in [5.41, 5.74) is 2.04. The van der Waals surface area contributed by atoms with Gasteiger partial charge in [0, 0.05) is 5.56 Å². The minimum absolute atomic E-state index is 0.309. The number of benzene rings is 3. The van der Waals surface area contributed by atoms with Crippen LogP contribution in [0.2, 0.25) is 0 Å². The first-order chi connectivity index (χ1) is 15.6. The molecule has 0 bridgehead atoms. The molecule has 8 heteroatoms. The number of nitrogens with zero attached hydrogens (tertiary/aromatic N) is 2. The van der Waals surface area contributed by atoms with Crippen LogP contribution < -0.4 is 15.0 Å². The number of hydrogen-bond acceptors (Lipinski definition) is 6. The molecule has 1 aliphatic rings. The van der Waals surface area contributed by atoms with Crippen molar-refractivity contribution in [3.05, 3.63) is 83.4 Å². The zero-order valence-electron chi connectivity index (χ0n) is 17.0. The van der Waals surface area contributed by atoms with Crippen LogP contribution in [0.25, 0.3) is 10.2 Å². The Hall–Kier alpha value is -4.04. The van der Waals surface area contributed by atoms with Gasteiger partial charge in [-0.15, -0.1) is 0 Å². The summed E-state index contributed by atoms with van der Waals surface area (Å²) < 4.78 is 6.50. The first kappa shape index (κ1) is 19.9. The van der Waals surface area contributed by atoms with Crippen molar-refractivity contribution >= 4 is 50.1 Å². The molecule has 0 aliphatic carbocycles. The van der Waals surface area contributed by atoms with Crippen LogP contribution in [0, 0.1) is 0 Å². The van der Waals surface area contributed by atoms with Gasteiger partial charge in [-0.1, -0.05) is 35.6 Å². The van der Waals surface area contributed by atoms with Gasteiger partial charge in [0.05, 0.1) is 28.1 Å². The number of amides is 3. The average Bonchev–Trinajstić information content (AvgIpc) is 3.33. The number of nitrogens with one attached hydrogen (secondary N) is 1. The third kappa shape index (κ3) is 3.30. The van der Waals surface area contributed by atoms with Crippen LogP contribution in [0.4, 0.5) is 10.8 Å². The fourth-order valence-corrected chi connectivity index (χ4v) is 4.51. The fraction of sp³-hybridized carbons (Fsp3) is 0.0833. The van der Waals surface area contributed by atoms with Crippen molar-refractivity contribution in [3.63, 3.8) is 0 Å². The summed E-state index contributed by atoms with van der Waals surface area (Å²) in [6.07, 6.45) is 0. The number of aromatic nitrogens is 1. The van der Waals surface area contributed by atoms with Crippen LogP contribution in [0.3, 0.4) is 0 Å². The Morgan fingerprint density at radius 1 is 1.00 bits per heavy atom. The Morgan fingerprint density at radius 3 is 2.44 bits per heavy atom. The lowest BCUT2D eigenvalue weighted by molar-refractivity contribution is 0.0924. The van der Waals surface area contributed by atoms with Gasteiger partial charge in [-0.2, -0.15) is 0 Å². The average molecular weight is 443 g/mol. The van der Waals surface area contributed by atoms with E-state index in [9.17, 15) is 14.4 Å². The second kappa shape index (κ2) is 7.90. The molecule has 0 fully saturated rings. The molecule has 0 radical (unpaired) electrons. The van der Waals surface area contributed by atoms with E-state index >= 15 is 0 Å². The number of para-hydroxylation sites is 1. The predicted molar refractivity (Wildman–Crippen MR) is 123 cm³/mol. The van der Waals surface area contributed by atoms with Crippen LogP contribution >= 0.6 is 11.3 Å². The molecule has 32 heavy (non-hydrogen) atoms. The summed E-state index contributed by atoms with van der Waals surface area (Å²) in [6, 6.07) is 18.7. The van der Waals surface area contributed by atoms with Gasteiger partial charge in [-0.05, 0) is 49.4 Å². The molecule has 7 nitrogen and oxygen atoms in total. The van der Waals surface area contributed by atoms with E-state index < -0.39 is 11.8 Å². The first-order valence-corrected chi connectivity index (χ1v) is 10.8. The molecule has 2 heterocycles. The standard InChI is InChI=1S/C24H17N3O4S/c1-2-31-18-11-6-12-19-20(18)25-24(32-19)26-21(28)14-7-5-8-15(13-14)27-22(29)16-9-3-4-10-17(16)23(27)30/h3-13H,2H2,1H3,(H,25,26,28). The largest absolute Gasteiger partial charge is 0.492 e. The second-order valence-corrected chi connectivity index (χ2v) is 8.08. The molecular formula is C24H17N3O4S. The van der Waals surface area contributed by atoms with Gasteiger partial charge in [0.2, 0.25) is 0 Å². The van der Waals surface area contributed by atoms with E-state index in [2.05, 4.69) is 10.3 Å². The summed E-state index contributed by atoms with van der Waals surface area (Å²) in [5, 5.41) is 3.23. The van der Waals surface area contributed by atoms with Crippen molar-refractivity contribution in [1.82, 2.24) is 4.98 Å². The van der Waals surface area contributed by atoms with E-state index in [-0.39, 0.29) is 5.91 Å². The Kier molecular flexibility index (Phi) is 4.91. The number of imide groups is 1. The van der Waals surface area contributed by atoms with Gasteiger partial charge in [0.1, 0.15) is 11.3 Å². The summed E-state index contributed by atoms with van der Waals surface area (Å²) >= 11 is 1.34. The van der Waals surface area contributed by atoms with Crippen molar-refractivity contribution in [1.29, 1.82) is 0 Å². The molecule has 0 spiro atoms. The molecule has 0 saturated heterocycles. The van der Waals surface area contributed by atoms with Crippen molar-refractivity contribution in [2.75, 3.05) is 16.8 Å². The van der Waals surface area contributed by atoms with Crippen molar-refractivity contribution in [2.24, 2.45) is 0 Å². The van der Waals surface area contributed by atoms with Gasteiger partial charge >= 0.3 is 0 Å². The minimum Gasteiger partial charge on any atom is -0.492 e. The van der Waals surface area contributed by atoms with E-state index in [1.807, 2.05) is 25.1 Å². The van der Waals surface area contributed by atoms with E-state index in [4.69, 9.17) is 4.74 Å². The molecule has 0 saturated carbocycles. The zero-order valence-corrected chi connectivity index (χ0v) is 17.8. The molecule has 0 atom stereocenters. The third-order valence-corrected chi connectivity index (χ3v) is 6.00. The summed E-state index contributed by atoms with van der Waals surface area (Å²) in [4.78, 5) is 44.0. The van der Waals surface area contributed by atoms with E-state index in [0.29, 0.717) is 45.4 Å². The van der Waals surface area contributed by atoms with Crippen LogP contribution in [0.1, 0.15) is 38.0 Å². The number of thiazole rings is 1. The molecule has 3 amide bonds. The summed E-state index contributed by atoms with van der Waals surface area (Å²) in [7, 11) is 0. The van der Waals surface area contributed by atoms with E-state index in [1.165, 1.54) is 17.4 Å². The molecule has 4 aromatic rings. The smallest absolute Gasteiger partial charge is 0.266 e. The monoisotopic (exact) mass is 443 g/mol. The lowest BCUT2D eigenvalue weighted by Crippen LogP contribution is -2.29. The highest BCUT2D eigenvalue weighted by Crippen LogP contribution is 2.33. The maximum atomic E-state index is 12.9. The van der Waals surface area contributed by atoms with Crippen LogP contribution in [-0.4, -0.2) is 29.3 Å².